The molecule has 1 rings (SSSR count). The first-order valence-electron chi connectivity index (χ1n) is 3.81. The quantitative estimate of drug-likeness (QED) is 0.569. The molecule has 1 aliphatic rings. The third kappa shape index (κ3) is 1.48. The van der Waals surface area contributed by atoms with Crippen molar-refractivity contribution in [2.45, 2.75) is 31.9 Å². The van der Waals surface area contributed by atoms with Gasteiger partial charge in [-0.25, -0.2) is 5.90 Å². The van der Waals surface area contributed by atoms with Gasteiger partial charge in [0.25, 0.3) is 0 Å². The van der Waals surface area contributed by atoms with Crippen molar-refractivity contribution in [1.29, 1.82) is 0 Å². The molecule has 0 aromatic carbocycles. The van der Waals surface area contributed by atoms with Gasteiger partial charge in [-0.2, -0.15) is 0 Å². The summed E-state index contributed by atoms with van der Waals surface area (Å²) in [5, 5.41) is 0. The highest BCUT2D eigenvalue weighted by Crippen LogP contribution is 2.18. The lowest BCUT2D eigenvalue weighted by Crippen LogP contribution is -2.37. The highest BCUT2D eigenvalue weighted by atomic mass is 16.6. The van der Waals surface area contributed by atoms with Crippen molar-refractivity contribution in [2.24, 2.45) is 5.90 Å². The van der Waals surface area contributed by atoms with Crippen molar-refractivity contribution in [3.8, 4) is 0 Å². The van der Waals surface area contributed by atoms with E-state index in [0.717, 1.165) is 0 Å². The predicted molar refractivity (Wildman–Crippen MR) is 40.4 cm³/mol. The van der Waals surface area contributed by atoms with Crippen LogP contribution in [0, 0.1) is 0 Å². The second-order valence-corrected chi connectivity index (χ2v) is 3.03. The summed E-state index contributed by atoms with van der Waals surface area (Å²) in [4.78, 5) is 7.07. The first kappa shape index (κ1) is 7.98. The minimum Gasteiger partial charge on any atom is -0.301 e. The molecule has 0 amide bonds. The van der Waals surface area contributed by atoms with Gasteiger partial charge in [-0.3, -0.25) is 4.84 Å². The van der Waals surface area contributed by atoms with Gasteiger partial charge in [0.1, 0.15) is 0 Å². The van der Waals surface area contributed by atoms with Gasteiger partial charge in [0, 0.05) is 6.04 Å². The minimum atomic E-state index is 0.174. The van der Waals surface area contributed by atoms with Crippen molar-refractivity contribution < 1.29 is 4.84 Å². The molecule has 1 unspecified atom stereocenters. The number of nitrogens with two attached hydrogens (primary N) is 1. The average molecular weight is 144 g/mol. The van der Waals surface area contributed by atoms with Crippen LogP contribution in [0.3, 0.4) is 0 Å². The summed E-state index contributed by atoms with van der Waals surface area (Å²) in [5.41, 5.74) is 0. The van der Waals surface area contributed by atoms with E-state index in [4.69, 9.17) is 10.7 Å². The monoisotopic (exact) mass is 144 g/mol. The molecular formula is C7H16N2O. The van der Waals surface area contributed by atoms with Crippen molar-refractivity contribution in [1.82, 2.24) is 4.90 Å². The summed E-state index contributed by atoms with van der Waals surface area (Å²) in [6, 6.07) is 0.532. The molecule has 2 atom stereocenters. The van der Waals surface area contributed by atoms with Crippen molar-refractivity contribution in [3.63, 3.8) is 0 Å². The molecule has 1 saturated heterocycles. The molecule has 3 heteroatoms. The standard InChI is InChI=1S/C7H16N2O/c1-6(10-8)7-4-3-5-9(7)2/h6-7H,3-5,8H2,1-2H3/t6-,7?/m0/s1. The van der Waals surface area contributed by atoms with Gasteiger partial charge in [0.05, 0.1) is 6.10 Å². The van der Waals surface area contributed by atoms with E-state index >= 15 is 0 Å². The predicted octanol–water partition coefficient (Wildman–Crippen LogP) is 0.359. The van der Waals surface area contributed by atoms with E-state index in [1.165, 1.54) is 19.4 Å². The van der Waals surface area contributed by atoms with Gasteiger partial charge < -0.3 is 4.90 Å². The Morgan fingerprint density at radius 1 is 1.70 bits per heavy atom. The van der Waals surface area contributed by atoms with Crippen LogP contribution >= 0.6 is 0 Å². The summed E-state index contributed by atoms with van der Waals surface area (Å²) >= 11 is 0. The first-order chi connectivity index (χ1) is 4.75. The second kappa shape index (κ2) is 3.32. The van der Waals surface area contributed by atoms with Gasteiger partial charge in [-0.05, 0) is 33.4 Å². The molecule has 0 aromatic heterocycles. The van der Waals surface area contributed by atoms with E-state index in [0.29, 0.717) is 6.04 Å². The Bertz CT molecular complexity index is 108. The Kier molecular flexibility index (Phi) is 2.65. The van der Waals surface area contributed by atoms with Crippen LogP contribution in [0.1, 0.15) is 19.8 Å². The Morgan fingerprint density at radius 3 is 2.80 bits per heavy atom. The Morgan fingerprint density at radius 2 is 2.40 bits per heavy atom. The molecule has 1 fully saturated rings. The fraction of sp³-hybridized carbons (Fsp3) is 1.00. The molecule has 1 aliphatic heterocycles. The van der Waals surface area contributed by atoms with E-state index in [1.807, 2.05) is 6.92 Å². The highest BCUT2D eigenvalue weighted by molar-refractivity contribution is 4.80. The van der Waals surface area contributed by atoms with E-state index in [9.17, 15) is 0 Å². The fourth-order valence-electron chi connectivity index (χ4n) is 1.62. The smallest absolute Gasteiger partial charge is 0.0913 e. The number of rotatable bonds is 2. The molecule has 0 radical (unpaired) electrons. The van der Waals surface area contributed by atoms with Crippen LogP contribution in [0.2, 0.25) is 0 Å². The van der Waals surface area contributed by atoms with Crippen LogP contribution in [0.25, 0.3) is 0 Å². The maximum Gasteiger partial charge on any atom is 0.0913 e. The maximum atomic E-state index is 5.09. The van der Waals surface area contributed by atoms with Crippen LogP contribution in [0.4, 0.5) is 0 Å². The van der Waals surface area contributed by atoms with Gasteiger partial charge in [0.2, 0.25) is 0 Å². The molecule has 0 aliphatic carbocycles. The largest absolute Gasteiger partial charge is 0.301 e. The molecule has 10 heavy (non-hydrogen) atoms. The van der Waals surface area contributed by atoms with Crippen LogP contribution < -0.4 is 5.90 Å². The van der Waals surface area contributed by atoms with Gasteiger partial charge in [-0.1, -0.05) is 0 Å². The van der Waals surface area contributed by atoms with Crippen molar-refractivity contribution in [3.05, 3.63) is 0 Å². The summed E-state index contributed by atoms with van der Waals surface area (Å²) < 4.78 is 0. The number of hydrogen-bond acceptors (Lipinski definition) is 3. The van der Waals surface area contributed by atoms with Gasteiger partial charge in [-0.15, -0.1) is 0 Å². The van der Waals surface area contributed by atoms with Crippen LogP contribution in [0.15, 0.2) is 0 Å². The minimum absolute atomic E-state index is 0.174. The van der Waals surface area contributed by atoms with E-state index in [-0.39, 0.29) is 6.10 Å². The molecule has 0 spiro atoms. The van der Waals surface area contributed by atoms with Crippen molar-refractivity contribution in [2.75, 3.05) is 13.6 Å². The zero-order valence-electron chi connectivity index (χ0n) is 6.71. The van der Waals surface area contributed by atoms with Crippen LogP contribution in [-0.2, 0) is 4.84 Å². The Labute approximate surface area is 62.1 Å². The highest BCUT2D eigenvalue weighted by Gasteiger charge is 2.26. The summed E-state index contributed by atoms with van der Waals surface area (Å²) in [6.45, 7) is 3.20. The second-order valence-electron chi connectivity index (χ2n) is 3.03. The lowest BCUT2D eigenvalue weighted by molar-refractivity contribution is 0.0155. The zero-order valence-corrected chi connectivity index (χ0v) is 6.71. The normalized spacial score (nSPS) is 30.9. The number of likely N-dealkylation sites (tertiary alicyclic amines) is 1. The summed E-state index contributed by atoms with van der Waals surface area (Å²) in [7, 11) is 2.12. The number of nitrogens with zero attached hydrogens (tertiary/aromatic N) is 1. The van der Waals surface area contributed by atoms with Gasteiger partial charge >= 0.3 is 0 Å². The molecular weight excluding hydrogens is 128 g/mol. The lowest BCUT2D eigenvalue weighted by atomic mass is 10.1. The fourth-order valence-corrected chi connectivity index (χ4v) is 1.62. The molecule has 2 N–H and O–H groups in total. The van der Waals surface area contributed by atoms with Gasteiger partial charge in [0.15, 0.2) is 0 Å². The van der Waals surface area contributed by atoms with E-state index in [1.54, 1.807) is 0 Å². The van der Waals surface area contributed by atoms with E-state index in [2.05, 4.69) is 11.9 Å². The van der Waals surface area contributed by atoms with E-state index < -0.39 is 0 Å². The molecule has 0 saturated carbocycles. The Balaban J connectivity index is 2.38. The molecule has 0 aromatic rings. The summed E-state index contributed by atoms with van der Waals surface area (Å²) in [5.74, 6) is 5.09. The number of hydrogen-bond donors (Lipinski definition) is 1. The molecule has 3 nitrogen and oxygen atoms in total. The Hall–Kier alpha value is -0.120. The summed E-state index contributed by atoms with van der Waals surface area (Å²) in [6.07, 6.45) is 2.66. The third-order valence-corrected chi connectivity index (χ3v) is 2.33. The molecule has 1 heterocycles. The molecule has 60 valence electrons. The first-order valence-corrected chi connectivity index (χ1v) is 3.81. The number of likely N-dealkylation sites (N-methyl/N-ethyl adjacent to an activating group) is 1. The SMILES string of the molecule is C[C@H](ON)C1CCCN1C. The third-order valence-electron chi connectivity index (χ3n) is 2.33. The topological polar surface area (TPSA) is 38.5 Å². The lowest BCUT2D eigenvalue weighted by Gasteiger charge is -2.23. The average Bonchev–Trinajstić information content (AvgIpc) is 2.34. The van der Waals surface area contributed by atoms with Crippen LogP contribution in [0.5, 0.6) is 0 Å². The molecule has 0 bridgehead atoms. The zero-order chi connectivity index (χ0) is 7.56. The maximum absolute atomic E-state index is 5.09. The van der Waals surface area contributed by atoms with Crippen LogP contribution in [-0.4, -0.2) is 30.6 Å². The van der Waals surface area contributed by atoms with Crippen molar-refractivity contribution >= 4 is 0 Å².